The average Bonchev–Trinajstić information content (AvgIpc) is 2.67. The molecule has 0 spiro atoms. The van der Waals surface area contributed by atoms with Crippen molar-refractivity contribution in [1.82, 2.24) is 0 Å². The Bertz CT molecular complexity index is 710. The van der Waals surface area contributed by atoms with E-state index in [2.05, 4.69) is 118 Å². The molecule has 26 heavy (non-hydrogen) atoms. The highest BCUT2D eigenvalue weighted by Gasteiger charge is 2.52. The van der Waals surface area contributed by atoms with Crippen LogP contribution in [0.1, 0.15) is 20.8 Å². The Morgan fingerprint density at radius 2 is 0.923 bits per heavy atom. The van der Waals surface area contributed by atoms with E-state index in [1.165, 1.54) is 21.4 Å². The molecule has 0 saturated heterocycles. The molecule has 0 amide bonds. The van der Waals surface area contributed by atoms with Gasteiger partial charge in [-0.2, -0.15) is 0 Å². The van der Waals surface area contributed by atoms with Gasteiger partial charge in [0.2, 0.25) is 5.49 Å². The number of hydrogen-bond acceptors (Lipinski definition) is 0. The van der Waals surface area contributed by atoms with Crippen LogP contribution < -0.4 is 15.9 Å². The molecule has 0 N–H and O–H groups in total. The second kappa shape index (κ2) is 7.99. The van der Waals surface area contributed by atoms with Gasteiger partial charge in [0.15, 0.2) is 7.26 Å². The van der Waals surface area contributed by atoms with Gasteiger partial charge < -0.3 is 0 Å². The fraction of sp³-hybridized carbons (Fsp3) is 0.250. The molecule has 3 aromatic rings. The topological polar surface area (TPSA) is 0 Å². The van der Waals surface area contributed by atoms with E-state index in [4.69, 9.17) is 0 Å². The van der Waals surface area contributed by atoms with Crippen LogP contribution in [0.15, 0.2) is 91.0 Å². The van der Waals surface area contributed by atoms with Crippen molar-refractivity contribution in [3.05, 3.63) is 91.0 Å². The number of hydrogen-bond donors (Lipinski definition) is 0. The minimum Gasteiger partial charge on any atom is -0.0620 e. The van der Waals surface area contributed by atoms with Crippen LogP contribution >= 0.6 is 7.26 Å². The zero-order chi connectivity index (χ0) is 18.6. The Labute approximate surface area is 162 Å². The monoisotopic (exact) mass is 380 g/mol. The summed E-state index contributed by atoms with van der Waals surface area (Å²) in [5, 5.41) is 4.46. The summed E-state index contributed by atoms with van der Waals surface area (Å²) in [6, 6.07) is 33.6. The predicted octanol–water partition coefficient (Wildman–Crippen LogP) is 4.98. The largest absolute Gasteiger partial charge is 0.222 e. The van der Waals surface area contributed by atoms with Crippen molar-refractivity contribution in [3.8, 4) is 0 Å². The van der Waals surface area contributed by atoms with Crippen LogP contribution in [-0.4, -0.2) is 16.5 Å². The van der Waals surface area contributed by atoms with Crippen LogP contribution in [0.3, 0.4) is 0 Å². The maximum atomic E-state index is 2.45. The maximum Gasteiger partial charge on any atom is 0.222 e. The molecule has 0 nitrogen and oxygen atoms in total. The molecule has 1 unspecified atom stereocenters. The Morgan fingerprint density at radius 1 is 0.615 bits per heavy atom. The average molecular weight is 381 g/mol. The highest BCUT2D eigenvalue weighted by Crippen LogP contribution is 2.57. The van der Waals surface area contributed by atoms with Gasteiger partial charge in [-0.05, 0) is 57.2 Å². The van der Waals surface area contributed by atoms with Crippen molar-refractivity contribution >= 4 is 34.1 Å². The second-order valence-corrected chi connectivity index (χ2v) is 14.4. The first kappa shape index (κ1) is 19.2. The molecule has 1 atom stereocenters. The maximum absolute atomic E-state index is 2.45. The van der Waals surface area contributed by atoms with E-state index in [0.717, 1.165) is 0 Å². The fourth-order valence-corrected chi connectivity index (χ4v) is 11.8. The third-order valence-corrected chi connectivity index (χ3v) is 13.8. The summed E-state index contributed by atoms with van der Waals surface area (Å²) in [4.78, 5) is 0. The van der Waals surface area contributed by atoms with Gasteiger partial charge in [0.1, 0.15) is 26.9 Å². The third kappa shape index (κ3) is 3.90. The van der Waals surface area contributed by atoms with Crippen LogP contribution in [0.5, 0.6) is 0 Å². The smallest absolute Gasteiger partial charge is 0.0620 e. The van der Waals surface area contributed by atoms with E-state index in [9.17, 15) is 0 Å². The molecular formula is C24H29PS+2. The molecule has 0 aliphatic heterocycles. The Kier molecular flexibility index (Phi) is 5.90. The Morgan fingerprint density at radius 3 is 1.19 bits per heavy atom. The summed E-state index contributed by atoms with van der Waals surface area (Å²) >= 11 is 0. The summed E-state index contributed by atoms with van der Waals surface area (Å²) in [6.07, 6.45) is 2.45. The summed E-state index contributed by atoms with van der Waals surface area (Å²) < 4.78 is 0.309. The molecule has 2 heteroatoms. The summed E-state index contributed by atoms with van der Waals surface area (Å²) in [6.45, 7) is 7.14. The SMILES string of the molecule is C[S+](C[P+](c1ccccc1)(c1ccccc1)c1ccccc1)C(C)(C)C. The number of rotatable bonds is 5. The van der Waals surface area contributed by atoms with Crippen molar-refractivity contribution in [1.29, 1.82) is 0 Å². The van der Waals surface area contributed by atoms with E-state index < -0.39 is 7.26 Å². The summed E-state index contributed by atoms with van der Waals surface area (Å²) in [7, 11) is -1.40. The summed E-state index contributed by atoms with van der Waals surface area (Å²) in [5.41, 5.74) is 1.22. The van der Waals surface area contributed by atoms with Crippen LogP contribution in [-0.2, 0) is 10.9 Å². The van der Waals surface area contributed by atoms with Crippen molar-refractivity contribution in [3.63, 3.8) is 0 Å². The van der Waals surface area contributed by atoms with Gasteiger partial charge in [-0.25, -0.2) is 0 Å². The van der Waals surface area contributed by atoms with E-state index in [0.29, 0.717) is 15.6 Å². The lowest BCUT2D eigenvalue weighted by molar-refractivity contribution is 0.795. The Hall–Kier alpha value is -1.56. The van der Waals surface area contributed by atoms with Crippen LogP contribution in [0.25, 0.3) is 0 Å². The minimum atomic E-state index is -1.69. The van der Waals surface area contributed by atoms with E-state index >= 15 is 0 Å². The first-order valence-electron chi connectivity index (χ1n) is 9.12. The lowest BCUT2D eigenvalue weighted by atomic mass is 10.3. The molecule has 3 rings (SSSR count). The molecule has 134 valence electrons. The van der Waals surface area contributed by atoms with Crippen LogP contribution in [0.4, 0.5) is 0 Å². The quantitative estimate of drug-likeness (QED) is 0.432. The van der Waals surface area contributed by atoms with Crippen molar-refractivity contribution < 1.29 is 0 Å². The highest BCUT2D eigenvalue weighted by atomic mass is 32.2. The third-order valence-electron chi connectivity index (χ3n) is 5.02. The van der Waals surface area contributed by atoms with Gasteiger partial charge in [-0.1, -0.05) is 54.6 Å². The molecule has 0 radical (unpaired) electrons. The molecule has 0 heterocycles. The van der Waals surface area contributed by atoms with Gasteiger partial charge in [0.05, 0.1) is 0 Å². The molecule has 0 aliphatic carbocycles. The lowest BCUT2D eigenvalue weighted by Crippen LogP contribution is -2.40. The van der Waals surface area contributed by atoms with E-state index in [1.807, 2.05) is 0 Å². The summed E-state index contributed by atoms with van der Waals surface area (Å²) in [5.74, 6) is 0. The van der Waals surface area contributed by atoms with Gasteiger partial charge in [-0.3, -0.25) is 0 Å². The first-order valence-corrected chi connectivity index (χ1v) is 12.9. The molecule has 0 aromatic heterocycles. The molecule has 0 saturated carbocycles. The zero-order valence-corrected chi connectivity index (χ0v) is 17.9. The molecular weight excluding hydrogens is 351 g/mol. The second-order valence-electron chi connectivity index (χ2n) is 7.70. The van der Waals surface area contributed by atoms with Crippen molar-refractivity contribution in [2.75, 3.05) is 11.7 Å². The number of benzene rings is 3. The van der Waals surface area contributed by atoms with Crippen LogP contribution in [0, 0.1) is 0 Å². The fourth-order valence-electron chi connectivity index (χ4n) is 3.20. The van der Waals surface area contributed by atoms with Crippen molar-refractivity contribution in [2.45, 2.75) is 25.5 Å². The highest BCUT2D eigenvalue weighted by molar-refractivity contribution is 8.11. The minimum absolute atomic E-state index is 0.291. The van der Waals surface area contributed by atoms with Gasteiger partial charge >= 0.3 is 0 Å². The Balaban J connectivity index is 2.28. The van der Waals surface area contributed by atoms with Crippen molar-refractivity contribution in [2.24, 2.45) is 0 Å². The van der Waals surface area contributed by atoms with Gasteiger partial charge in [-0.15, -0.1) is 0 Å². The normalized spacial score (nSPS) is 13.4. The molecule has 3 aromatic carbocycles. The molecule has 0 bridgehead atoms. The van der Waals surface area contributed by atoms with Crippen LogP contribution in [0.2, 0.25) is 0 Å². The lowest BCUT2D eigenvalue weighted by Gasteiger charge is -2.29. The zero-order valence-electron chi connectivity index (χ0n) is 16.2. The first-order chi connectivity index (χ1) is 12.4. The van der Waals surface area contributed by atoms with Gasteiger partial charge in [0.25, 0.3) is 0 Å². The van der Waals surface area contributed by atoms with Gasteiger partial charge in [0, 0.05) is 10.9 Å². The molecule has 0 fully saturated rings. The predicted molar refractivity (Wildman–Crippen MR) is 123 cm³/mol. The standard InChI is InChI=1S/C24H29PS/c1-24(2,3)26(4)20-25(21-14-8-5-9-15-21,22-16-10-6-11-17-22)23-18-12-7-13-19-23/h5-19H,20H2,1-4H3/q+2. The molecule has 0 aliphatic rings. The van der Waals surface area contributed by atoms with E-state index in [1.54, 1.807) is 0 Å². The van der Waals surface area contributed by atoms with E-state index in [-0.39, 0.29) is 0 Å².